The minimum atomic E-state index is -0.335. The maximum Gasteiger partial charge on any atom is 0.316 e. The van der Waals surface area contributed by atoms with E-state index in [-0.39, 0.29) is 11.9 Å². The van der Waals surface area contributed by atoms with Crippen LogP contribution in [0.15, 0.2) is 4.42 Å². The summed E-state index contributed by atoms with van der Waals surface area (Å²) in [5.74, 6) is 0.651. The van der Waals surface area contributed by atoms with Crippen molar-refractivity contribution < 1.29 is 9.21 Å². The molecule has 0 spiro atoms. The molecule has 1 unspecified atom stereocenters. The van der Waals surface area contributed by atoms with Crippen molar-refractivity contribution in [2.24, 2.45) is 0 Å². The molecule has 0 aromatic carbocycles. The van der Waals surface area contributed by atoms with Gasteiger partial charge in [0.2, 0.25) is 11.8 Å². The first-order valence-corrected chi connectivity index (χ1v) is 7.33. The van der Waals surface area contributed by atoms with Crippen LogP contribution >= 0.6 is 0 Å². The molecule has 1 aromatic heterocycles. The largest absolute Gasteiger partial charge is 0.407 e. The molecule has 0 bridgehead atoms. The second-order valence-electron chi connectivity index (χ2n) is 5.55. The van der Waals surface area contributed by atoms with Gasteiger partial charge in [0.05, 0.1) is 6.54 Å². The summed E-state index contributed by atoms with van der Waals surface area (Å²) in [5, 5.41) is 14.2. The molecule has 2 heterocycles. The number of likely N-dealkylation sites (tertiary alicyclic amines) is 1. The van der Waals surface area contributed by atoms with Crippen LogP contribution in [0.2, 0.25) is 0 Å². The number of nitrogens with one attached hydrogen (secondary N) is 2. The topological polar surface area (TPSA) is 83.3 Å². The third-order valence-corrected chi connectivity index (χ3v) is 3.71. The average Bonchev–Trinajstić information content (AvgIpc) is 2.93. The van der Waals surface area contributed by atoms with Crippen molar-refractivity contribution in [2.75, 3.05) is 18.4 Å². The molecule has 7 heteroatoms. The molecule has 7 nitrogen and oxygen atoms in total. The molecule has 2 fully saturated rings. The Labute approximate surface area is 118 Å². The number of rotatable bonds is 6. The van der Waals surface area contributed by atoms with Gasteiger partial charge in [0.15, 0.2) is 0 Å². The third kappa shape index (κ3) is 3.27. The van der Waals surface area contributed by atoms with Crippen LogP contribution in [0.5, 0.6) is 0 Å². The van der Waals surface area contributed by atoms with Crippen LogP contribution in [0.3, 0.4) is 0 Å². The molecule has 1 aromatic rings. The molecular formula is C13H21N5O2. The van der Waals surface area contributed by atoms with E-state index >= 15 is 0 Å². The Bertz CT molecular complexity index is 465. The monoisotopic (exact) mass is 279 g/mol. The van der Waals surface area contributed by atoms with E-state index in [0.717, 1.165) is 25.9 Å². The zero-order chi connectivity index (χ0) is 13.9. The summed E-state index contributed by atoms with van der Waals surface area (Å²) < 4.78 is 5.48. The van der Waals surface area contributed by atoms with E-state index in [2.05, 4.69) is 20.8 Å². The van der Waals surface area contributed by atoms with Crippen molar-refractivity contribution in [1.29, 1.82) is 0 Å². The first-order valence-electron chi connectivity index (χ1n) is 7.33. The van der Waals surface area contributed by atoms with Crippen LogP contribution in [0, 0.1) is 0 Å². The highest BCUT2D eigenvalue weighted by Gasteiger charge is 2.25. The predicted octanol–water partition coefficient (Wildman–Crippen LogP) is 0.744. The SMILES string of the molecule is CC(Nc1nnc(CNC2CC2)o1)C(=O)N1CCCC1. The Hall–Kier alpha value is -1.63. The summed E-state index contributed by atoms with van der Waals surface area (Å²) in [6, 6.07) is 0.587. The van der Waals surface area contributed by atoms with E-state index in [0.29, 0.717) is 24.5 Å². The van der Waals surface area contributed by atoms with E-state index in [1.54, 1.807) is 0 Å². The number of carbonyl (C=O) groups is 1. The summed E-state index contributed by atoms with van der Waals surface area (Å²) in [7, 11) is 0. The lowest BCUT2D eigenvalue weighted by molar-refractivity contribution is -0.130. The van der Waals surface area contributed by atoms with Crippen LogP contribution in [-0.4, -0.2) is 46.2 Å². The highest BCUT2D eigenvalue weighted by atomic mass is 16.4. The first-order chi connectivity index (χ1) is 9.72. The lowest BCUT2D eigenvalue weighted by Crippen LogP contribution is -2.39. The Morgan fingerprint density at radius 1 is 1.40 bits per heavy atom. The fraction of sp³-hybridized carbons (Fsp3) is 0.769. The Kier molecular flexibility index (Phi) is 3.86. The number of hydrogen-bond acceptors (Lipinski definition) is 6. The standard InChI is InChI=1S/C13H21N5O2/c1-9(12(19)18-6-2-3-7-18)15-13-17-16-11(20-13)8-14-10-4-5-10/h9-10,14H,2-8H2,1H3,(H,15,17). The number of hydrogen-bond donors (Lipinski definition) is 2. The molecule has 1 aliphatic heterocycles. The molecule has 1 aliphatic carbocycles. The maximum atomic E-state index is 12.1. The molecule has 110 valence electrons. The van der Waals surface area contributed by atoms with E-state index in [1.165, 1.54) is 12.8 Å². The van der Waals surface area contributed by atoms with Crippen LogP contribution in [0.4, 0.5) is 6.01 Å². The molecular weight excluding hydrogens is 258 g/mol. The molecule has 2 aliphatic rings. The van der Waals surface area contributed by atoms with Gasteiger partial charge < -0.3 is 20.0 Å². The number of amides is 1. The van der Waals surface area contributed by atoms with Crippen LogP contribution in [-0.2, 0) is 11.3 Å². The highest BCUT2D eigenvalue weighted by molar-refractivity contribution is 5.83. The maximum absolute atomic E-state index is 12.1. The number of carbonyl (C=O) groups excluding carboxylic acids is 1. The predicted molar refractivity (Wildman–Crippen MR) is 73.1 cm³/mol. The van der Waals surface area contributed by atoms with Crippen LogP contribution < -0.4 is 10.6 Å². The van der Waals surface area contributed by atoms with Gasteiger partial charge in [-0.05, 0) is 32.6 Å². The van der Waals surface area contributed by atoms with Gasteiger partial charge in [-0.25, -0.2) is 0 Å². The second-order valence-corrected chi connectivity index (χ2v) is 5.55. The zero-order valence-corrected chi connectivity index (χ0v) is 11.8. The van der Waals surface area contributed by atoms with Gasteiger partial charge in [-0.15, -0.1) is 5.10 Å². The lowest BCUT2D eigenvalue weighted by Gasteiger charge is -2.20. The van der Waals surface area contributed by atoms with Gasteiger partial charge in [-0.2, -0.15) is 0 Å². The van der Waals surface area contributed by atoms with E-state index in [4.69, 9.17) is 4.42 Å². The Balaban J connectivity index is 1.49. The Morgan fingerprint density at radius 2 is 2.15 bits per heavy atom. The summed E-state index contributed by atoms with van der Waals surface area (Å²) in [4.78, 5) is 14.0. The van der Waals surface area contributed by atoms with Gasteiger partial charge in [-0.3, -0.25) is 4.79 Å². The fourth-order valence-corrected chi connectivity index (χ4v) is 2.36. The molecule has 1 atom stereocenters. The summed E-state index contributed by atoms with van der Waals surface area (Å²) in [6.07, 6.45) is 4.63. The van der Waals surface area contributed by atoms with Crippen molar-refractivity contribution in [3.8, 4) is 0 Å². The molecule has 2 N–H and O–H groups in total. The Morgan fingerprint density at radius 3 is 2.85 bits per heavy atom. The van der Waals surface area contributed by atoms with Crippen molar-refractivity contribution in [1.82, 2.24) is 20.4 Å². The fourth-order valence-electron chi connectivity index (χ4n) is 2.36. The number of nitrogens with zero attached hydrogens (tertiary/aromatic N) is 3. The van der Waals surface area contributed by atoms with Gasteiger partial charge in [0, 0.05) is 19.1 Å². The molecule has 1 amide bonds. The highest BCUT2D eigenvalue weighted by Crippen LogP contribution is 2.19. The normalized spacial score (nSPS) is 20.1. The average molecular weight is 279 g/mol. The van der Waals surface area contributed by atoms with Crippen LogP contribution in [0.1, 0.15) is 38.5 Å². The van der Waals surface area contributed by atoms with E-state index in [1.807, 2.05) is 11.8 Å². The van der Waals surface area contributed by atoms with E-state index in [9.17, 15) is 4.79 Å². The molecule has 0 radical (unpaired) electrons. The zero-order valence-electron chi connectivity index (χ0n) is 11.8. The number of aromatic nitrogens is 2. The molecule has 1 saturated carbocycles. The van der Waals surface area contributed by atoms with Gasteiger partial charge in [-0.1, -0.05) is 5.10 Å². The van der Waals surface area contributed by atoms with Gasteiger partial charge >= 0.3 is 6.01 Å². The van der Waals surface area contributed by atoms with Gasteiger partial charge in [0.25, 0.3) is 0 Å². The quantitative estimate of drug-likeness (QED) is 0.799. The third-order valence-electron chi connectivity index (χ3n) is 3.71. The molecule has 1 saturated heterocycles. The van der Waals surface area contributed by atoms with Crippen molar-refractivity contribution in [3.05, 3.63) is 5.89 Å². The van der Waals surface area contributed by atoms with Crippen LogP contribution in [0.25, 0.3) is 0 Å². The van der Waals surface area contributed by atoms with Crippen molar-refractivity contribution in [3.63, 3.8) is 0 Å². The number of anilines is 1. The minimum Gasteiger partial charge on any atom is -0.407 e. The molecule has 3 rings (SSSR count). The van der Waals surface area contributed by atoms with E-state index < -0.39 is 0 Å². The van der Waals surface area contributed by atoms with Crippen molar-refractivity contribution in [2.45, 2.75) is 51.2 Å². The molecule has 20 heavy (non-hydrogen) atoms. The summed E-state index contributed by atoms with van der Waals surface area (Å²) in [6.45, 7) is 4.12. The summed E-state index contributed by atoms with van der Waals surface area (Å²) in [5.41, 5.74) is 0. The van der Waals surface area contributed by atoms with Gasteiger partial charge in [0.1, 0.15) is 6.04 Å². The smallest absolute Gasteiger partial charge is 0.316 e. The minimum absolute atomic E-state index is 0.0957. The first kappa shape index (κ1) is 13.4. The summed E-state index contributed by atoms with van der Waals surface area (Å²) >= 11 is 0. The van der Waals surface area contributed by atoms with Crippen molar-refractivity contribution >= 4 is 11.9 Å². The second kappa shape index (κ2) is 5.78. The lowest BCUT2D eigenvalue weighted by atomic mass is 10.3.